The molecule has 144 valence electrons. The lowest BCUT2D eigenvalue weighted by Crippen LogP contribution is -1.94. The molecular weight excluding hydrogens is 394 g/mol. The summed E-state index contributed by atoms with van der Waals surface area (Å²) in [5.74, 6) is 0.976. The molecule has 0 saturated carbocycles. The van der Waals surface area contributed by atoms with E-state index in [1.807, 2.05) is 0 Å². The molecule has 0 bridgehead atoms. The zero-order valence-electron chi connectivity index (χ0n) is 15.2. The van der Waals surface area contributed by atoms with E-state index < -0.39 is 4.92 Å². The van der Waals surface area contributed by atoms with Crippen molar-refractivity contribution in [1.82, 2.24) is 4.98 Å². The largest absolute Gasteiger partial charge is 0.493 e. The number of ether oxygens (including phenoxy) is 2. The number of hydrogen-bond acceptors (Lipinski definition) is 6. The number of nitriles is 1. The van der Waals surface area contributed by atoms with Gasteiger partial charge in [-0.25, -0.2) is 4.98 Å². The minimum Gasteiger partial charge on any atom is -0.493 e. The van der Waals surface area contributed by atoms with Crippen LogP contribution in [-0.4, -0.2) is 17.0 Å². The van der Waals surface area contributed by atoms with Crippen LogP contribution in [-0.2, 0) is 0 Å². The van der Waals surface area contributed by atoms with E-state index in [2.05, 4.69) is 11.1 Å². The fourth-order valence-corrected chi connectivity index (χ4v) is 2.77. The Labute approximate surface area is 171 Å². The lowest BCUT2D eigenvalue weighted by Gasteiger charge is -2.10. The number of nitro groups is 1. The molecule has 3 aromatic rings. The Morgan fingerprint density at radius 1 is 1.21 bits per heavy atom. The standard InChI is InChI=1S/C21H14ClN3O4/c1-28-20-11-14(10-15(12-23)17-4-2-3-5-18(17)22)6-8-19(20)29-21-9-7-16(13-24-21)25(26)27/h2-11,13H,1H3. The molecule has 3 rings (SSSR count). The summed E-state index contributed by atoms with van der Waals surface area (Å²) in [6.07, 6.45) is 2.80. The zero-order valence-corrected chi connectivity index (χ0v) is 16.0. The molecule has 1 aromatic heterocycles. The van der Waals surface area contributed by atoms with Crippen LogP contribution in [0.1, 0.15) is 11.1 Å². The van der Waals surface area contributed by atoms with Gasteiger partial charge in [-0.1, -0.05) is 35.9 Å². The maximum absolute atomic E-state index is 10.7. The number of methoxy groups -OCH3 is 1. The highest BCUT2D eigenvalue weighted by atomic mass is 35.5. The number of hydrogen-bond donors (Lipinski definition) is 0. The Morgan fingerprint density at radius 3 is 2.62 bits per heavy atom. The molecule has 29 heavy (non-hydrogen) atoms. The molecule has 0 radical (unpaired) electrons. The third-order valence-corrected chi connectivity index (χ3v) is 4.26. The van der Waals surface area contributed by atoms with Crippen molar-refractivity contribution in [2.45, 2.75) is 0 Å². The third kappa shape index (κ3) is 4.69. The van der Waals surface area contributed by atoms with Crippen molar-refractivity contribution in [1.29, 1.82) is 5.26 Å². The molecule has 0 saturated heterocycles. The predicted octanol–water partition coefficient (Wildman–Crippen LogP) is 5.51. The monoisotopic (exact) mass is 407 g/mol. The molecule has 0 atom stereocenters. The van der Waals surface area contributed by atoms with Gasteiger partial charge in [0.05, 0.1) is 23.7 Å². The average molecular weight is 408 g/mol. The first-order chi connectivity index (χ1) is 14.0. The maximum atomic E-state index is 10.7. The lowest BCUT2D eigenvalue weighted by atomic mass is 10.0. The molecule has 1 heterocycles. The van der Waals surface area contributed by atoms with Crippen LogP contribution in [0.4, 0.5) is 5.69 Å². The van der Waals surface area contributed by atoms with Crippen molar-refractivity contribution < 1.29 is 14.4 Å². The quantitative estimate of drug-likeness (QED) is 0.231. The van der Waals surface area contributed by atoms with Gasteiger partial charge in [0.15, 0.2) is 11.5 Å². The Balaban J connectivity index is 1.89. The zero-order chi connectivity index (χ0) is 20.8. The number of aromatic nitrogens is 1. The molecule has 8 heteroatoms. The average Bonchev–Trinajstić information content (AvgIpc) is 2.74. The molecule has 0 aliphatic carbocycles. The molecule has 7 nitrogen and oxygen atoms in total. The van der Waals surface area contributed by atoms with Gasteiger partial charge < -0.3 is 9.47 Å². The van der Waals surface area contributed by atoms with Crippen molar-refractivity contribution in [2.75, 3.05) is 7.11 Å². The number of rotatable bonds is 6. The first-order valence-corrected chi connectivity index (χ1v) is 8.72. The lowest BCUT2D eigenvalue weighted by molar-refractivity contribution is -0.385. The van der Waals surface area contributed by atoms with Crippen molar-refractivity contribution in [3.63, 3.8) is 0 Å². The van der Waals surface area contributed by atoms with Gasteiger partial charge in [0, 0.05) is 22.7 Å². The summed E-state index contributed by atoms with van der Waals surface area (Å²) < 4.78 is 11.0. The van der Waals surface area contributed by atoms with E-state index in [1.165, 1.54) is 19.2 Å². The van der Waals surface area contributed by atoms with Crippen LogP contribution in [0.25, 0.3) is 11.6 Å². The summed E-state index contributed by atoms with van der Waals surface area (Å²) in [6, 6.07) is 17.1. The van der Waals surface area contributed by atoms with Crippen LogP contribution >= 0.6 is 11.6 Å². The molecule has 0 unspecified atom stereocenters. The van der Waals surface area contributed by atoms with Crippen LogP contribution in [0, 0.1) is 21.4 Å². The first kappa shape index (κ1) is 19.9. The Bertz CT molecular complexity index is 1120. The molecule has 2 aromatic carbocycles. The van der Waals surface area contributed by atoms with Gasteiger partial charge in [-0.05, 0) is 29.8 Å². The van der Waals surface area contributed by atoms with E-state index >= 15 is 0 Å². The highest BCUT2D eigenvalue weighted by Crippen LogP contribution is 2.33. The normalized spacial score (nSPS) is 10.9. The molecule has 0 aliphatic heterocycles. The number of benzene rings is 2. The molecular formula is C21H14ClN3O4. The van der Waals surface area contributed by atoms with E-state index in [0.29, 0.717) is 33.2 Å². The molecule has 0 fully saturated rings. The SMILES string of the molecule is COc1cc(C=C(C#N)c2ccccc2Cl)ccc1Oc1ccc([N+](=O)[O-])cn1. The van der Waals surface area contributed by atoms with E-state index in [0.717, 1.165) is 6.20 Å². The van der Waals surface area contributed by atoms with Crippen molar-refractivity contribution in [2.24, 2.45) is 0 Å². The van der Waals surface area contributed by atoms with Crippen LogP contribution in [0.5, 0.6) is 17.4 Å². The fraction of sp³-hybridized carbons (Fsp3) is 0.0476. The topological polar surface area (TPSA) is 98.3 Å². The predicted molar refractivity (Wildman–Crippen MR) is 109 cm³/mol. The van der Waals surface area contributed by atoms with Gasteiger partial charge in [-0.2, -0.15) is 5.26 Å². The van der Waals surface area contributed by atoms with Gasteiger partial charge in [-0.15, -0.1) is 0 Å². The summed E-state index contributed by atoms with van der Waals surface area (Å²) in [7, 11) is 1.48. The fourth-order valence-electron chi connectivity index (χ4n) is 2.53. The van der Waals surface area contributed by atoms with Crippen molar-refractivity contribution >= 4 is 28.9 Å². The van der Waals surface area contributed by atoms with Crippen molar-refractivity contribution in [3.8, 4) is 23.4 Å². The van der Waals surface area contributed by atoms with Crippen molar-refractivity contribution in [3.05, 3.63) is 87.1 Å². The van der Waals surface area contributed by atoms with E-state index in [9.17, 15) is 15.4 Å². The maximum Gasteiger partial charge on any atom is 0.287 e. The van der Waals surface area contributed by atoms with Crippen LogP contribution in [0.15, 0.2) is 60.8 Å². The highest BCUT2D eigenvalue weighted by molar-refractivity contribution is 6.32. The highest BCUT2D eigenvalue weighted by Gasteiger charge is 2.11. The summed E-state index contributed by atoms with van der Waals surface area (Å²) in [6.45, 7) is 0. The second kappa shape index (κ2) is 8.87. The first-order valence-electron chi connectivity index (χ1n) is 8.35. The van der Waals surface area contributed by atoms with E-state index in [-0.39, 0.29) is 11.6 Å². The van der Waals surface area contributed by atoms with Gasteiger partial charge in [0.25, 0.3) is 5.69 Å². The van der Waals surface area contributed by atoms with Crippen LogP contribution in [0.2, 0.25) is 5.02 Å². The summed E-state index contributed by atoms with van der Waals surface area (Å²) in [4.78, 5) is 14.1. The molecule has 0 spiro atoms. The summed E-state index contributed by atoms with van der Waals surface area (Å²) in [5.41, 5.74) is 1.62. The number of halogens is 1. The van der Waals surface area contributed by atoms with Gasteiger partial charge >= 0.3 is 0 Å². The Kier molecular flexibility index (Phi) is 6.07. The van der Waals surface area contributed by atoms with Gasteiger partial charge in [-0.3, -0.25) is 10.1 Å². The number of allylic oxidation sites excluding steroid dienone is 1. The number of nitrogens with zero attached hydrogens (tertiary/aromatic N) is 3. The Hall–Kier alpha value is -3.89. The van der Waals surface area contributed by atoms with Crippen LogP contribution < -0.4 is 9.47 Å². The Morgan fingerprint density at radius 2 is 2.00 bits per heavy atom. The minimum atomic E-state index is -0.537. The van der Waals surface area contributed by atoms with E-state index in [4.69, 9.17) is 21.1 Å². The number of pyridine rings is 1. The minimum absolute atomic E-state index is 0.131. The van der Waals surface area contributed by atoms with Gasteiger partial charge in [0.1, 0.15) is 6.20 Å². The van der Waals surface area contributed by atoms with E-state index in [1.54, 1.807) is 48.5 Å². The van der Waals surface area contributed by atoms with Crippen LogP contribution in [0.3, 0.4) is 0 Å². The molecule has 0 N–H and O–H groups in total. The van der Waals surface area contributed by atoms with Gasteiger partial charge in [0.2, 0.25) is 5.88 Å². The molecule has 0 amide bonds. The summed E-state index contributed by atoms with van der Waals surface area (Å²) >= 11 is 6.18. The smallest absolute Gasteiger partial charge is 0.287 e. The second-order valence-corrected chi connectivity index (χ2v) is 6.18. The summed E-state index contributed by atoms with van der Waals surface area (Å²) in [5, 5.41) is 20.7. The molecule has 0 aliphatic rings. The third-order valence-electron chi connectivity index (χ3n) is 3.93. The second-order valence-electron chi connectivity index (χ2n) is 5.77.